The third-order valence-corrected chi connectivity index (χ3v) is 3.71. The van der Waals surface area contributed by atoms with E-state index < -0.39 is 0 Å². The predicted molar refractivity (Wildman–Crippen MR) is 92.9 cm³/mol. The maximum atomic E-state index is 12.1. The highest BCUT2D eigenvalue weighted by Crippen LogP contribution is 2.16. The Kier molecular flexibility index (Phi) is 8.96. The van der Waals surface area contributed by atoms with Gasteiger partial charge < -0.3 is 15.5 Å². The molecule has 1 aromatic carbocycles. The van der Waals surface area contributed by atoms with Crippen molar-refractivity contribution in [3.8, 4) is 6.07 Å². The number of amides is 1. The molecule has 5 heteroatoms. The number of carbonyl (C=O) groups is 1. The molecule has 0 unspecified atom stereocenters. The molecule has 2 N–H and O–H groups in total. The zero-order valence-electron chi connectivity index (χ0n) is 14.4. The number of rotatable bonds is 5. The van der Waals surface area contributed by atoms with Crippen molar-refractivity contribution in [3.05, 3.63) is 35.9 Å². The monoisotopic (exact) mass is 316 g/mol. The van der Waals surface area contributed by atoms with Gasteiger partial charge in [-0.3, -0.25) is 4.79 Å². The molecule has 5 nitrogen and oxygen atoms in total. The maximum absolute atomic E-state index is 12.1. The topological polar surface area (TPSA) is 68.2 Å². The van der Waals surface area contributed by atoms with Gasteiger partial charge in [-0.2, -0.15) is 5.26 Å². The zero-order chi connectivity index (χ0) is 17.1. The van der Waals surface area contributed by atoms with Crippen LogP contribution in [0.25, 0.3) is 0 Å². The van der Waals surface area contributed by atoms with Crippen LogP contribution in [0.3, 0.4) is 0 Å². The zero-order valence-corrected chi connectivity index (χ0v) is 14.4. The summed E-state index contributed by atoms with van der Waals surface area (Å²) < 4.78 is 0. The van der Waals surface area contributed by atoms with Gasteiger partial charge in [-0.05, 0) is 45.8 Å². The Hall–Kier alpha value is -1.90. The quantitative estimate of drug-likeness (QED) is 0.865. The summed E-state index contributed by atoms with van der Waals surface area (Å²) in [5.74, 6) is 0.0361. The van der Waals surface area contributed by atoms with Crippen LogP contribution in [-0.2, 0) is 11.2 Å². The second kappa shape index (κ2) is 10.8. The summed E-state index contributed by atoms with van der Waals surface area (Å²) in [6.07, 6.45) is 2.64. The molecule has 0 spiro atoms. The number of hydrogen-bond acceptors (Lipinski definition) is 4. The minimum atomic E-state index is -0.228. The Labute approximate surface area is 139 Å². The molecule has 1 aliphatic heterocycles. The molecule has 2 rings (SSSR count). The van der Waals surface area contributed by atoms with Gasteiger partial charge in [0.25, 0.3) is 0 Å². The van der Waals surface area contributed by atoms with Crippen molar-refractivity contribution < 1.29 is 4.79 Å². The summed E-state index contributed by atoms with van der Waals surface area (Å²) in [5, 5.41) is 15.0. The summed E-state index contributed by atoms with van der Waals surface area (Å²) in [6.45, 7) is 3.10. The molecule has 2 atom stereocenters. The Morgan fingerprint density at radius 2 is 2.04 bits per heavy atom. The molecular formula is C18H28N4O. The average Bonchev–Trinajstić information content (AvgIpc) is 3.03. The average molecular weight is 316 g/mol. The van der Waals surface area contributed by atoms with Gasteiger partial charge in [0.1, 0.15) is 6.04 Å². The first-order chi connectivity index (χ1) is 11.1. The van der Waals surface area contributed by atoms with Crippen molar-refractivity contribution in [2.24, 2.45) is 0 Å². The fourth-order valence-electron chi connectivity index (χ4n) is 2.60. The van der Waals surface area contributed by atoms with Crippen molar-refractivity contribution in [1.29, 1.82) is 5.26 Å². The highest BCUT2D eigenvalue weighted by Gasteiger charge is 2.28. The molecule has 0 aliphatic carbocycles. The maximum Gasteiger partial charge on any atom is 0.237 e. The van der Waals surface area contributed by atoms with E-state index in [2.05, 4.69) is 35.8 Å². The second-order valence-electron chi connectivity index (χ2n) is 5.85. The van der Waals surface area contributed by atoms with Gasteiger partial charge >= 0.3 is 0 Å². The molecule has 0 saturated carbocycles. The van der Waals surface area contributed by atoms with Gasteiger partial charge in [0.05, 0.1) is 12.6 Å². The minimum Gasteiger partial charge on any atom is -0.326 e. The van der Waals surface area contributed by atoms with Crippen LogP contribution in [-0.4, -0.2) is 50.1 Å². The number of hydrogen-bond donors (Lipinski definition) is 2. The first-order valence-electron chi connectivity index (χ1n) is 8.17. The first-order valence-corrected chi connectivity index (χ1v) is 8.17. The predicted octanol–water partition coefficient (Wildman–Crippen LogP) is 1.56. The lowest BCUT2D eigenvalue weighted by molar-refractivity contribution is -0.130. The Balaban J connectivity index is 0.000000816. The molecule has 126 valence electrons. The van der Waals surface area contributed by atoms with Crippen LogP contribution in [0.2, 0.25) is 0 Å². The summed E-state index contributed by atoms with van der Waals surface area (Å²) >= 11 is 0. The smallest absolute Gasteiger partial charge is 0.237 e. The standard InChI is InChI=1S/C16H21N3O.C2H7N/c1-13(10-14-6-3-2-4-7-14)18-12-16(20)19-9-5-8-15(19)11-17;1-3-2/h2-4,6-7,13,15,18H,5,8-10,12H2,1H3;3H,1-2H3/t13-,15+;/m1./s1. The summed E-state index contributed by atoms with van der Waals surface area (Å²) in [4.78, 5) is 13.8. The number of nitrogens with zero attached hydrogens (tertiary/aromatic N) is 2. The van der Waals surface area contributed by atoms with Crippen molar-refractivity contribution in [2.75, 3.05) is 27.2 Å². The van der Waals surface area contributed by atoms with Gasteiger partial charge in [-0.25, -0.2) is 0 Å². The Morgan fingerprint density at radius 1 is 1.39 bits per heavy atom. The summed E-state index contributed by atoms with van der Waals surface area (Å²) in [7, 11) is 3.75. The molecule has 0 radical (unpaired) electrons. The summed E-state index contributed by atoms with van der Waals surface area (Å²) in [5.41, 5.74) is 1.26. The van der Waals surface area contributed by atoms with Crippen LogP contribution >= 0.6 is 0 Å². The third-order valence-electron chi connectivity index (χ3n) is 3.71. The molecule has 0 aromatic heterocycles. The van der Waals surface area contributed by atoms with Gasteiger partial charge in [0, 0.05) is 12.6 Å². The van der Waals surface area contributed by atoms with E-state index in [1.54, 1.807) is 4.90 Å². The van der Waals surface area contributed by atoms with Crippen LogP contribution in [0.4, 0.5) is 0 Å². The molecule has 1 heterocycles. The highest BCUT2D eigenvalue weighted by atomic mass is 16.2. The van der Waals surface area contributed by atoms with E-state index >= 15 is 0 Å². The minimum absolute atomic E-state index is 0.0361. The van der Waals surface area contributed by atoms with Gasteiger partial charge in [-0.15, -0.1) is 0 Å². The van der Waals surface area contributed by atoms with Gasteiger partial charge in [0.2, 0.25) is 5.91 Å². The van der Waals surface area contributed by atoms with Crippen LogP contribution in [0.5, 0.6) is 0 Å². The van der Waals surface area contributed by atoms with E-state index in [9.17, 15) is 4.79 Å². The number of likely N-dealkylation sites (tertiary alicyclic amines) is 1. The molecule has 1 fully saturated rings. The normalized spacial score (nSPS) is 17.8. The van der Waals surface area contributed by atoms with E-state index in [4.69, 9.17) is 5.26 Å². The van der Waals surface area contributed by atoms with Crippen molar-refractivity contribution in [2.45, 2.75) is 38.3 Å². The van der Waals surface area contributed by atoms with Crippen molar-refractivity contribution in [1.82, 2.24) is 15.5 Å². The van der Waals surface area contributed by atoms with Crippen LogP contribution in [0, 0.1) is 11.3 Å². The third kappa shape index (κ3) is 6.81. The Bertz CT molecular complexity index is 497. The second-order valence-corrected chi connectivity index (χ2v) is 5.85. The molecule has 1 aliphatic rings. The lowest BCUT2D eigenvalue weighted by Crippen LogP contribution is -2.43. The number of benzene rings is 1. The van der Waals surface area contributed by atoms with Gasteiger partial charge in [-0.1, -0.05) is 30.3 Å². The van der Waals surface area contributed by atoms with Crippen LogP contribution < -0.4 is 10.6 Å². The number of nitriles is 1. The van der Waals surface area contributed by atoms with E-state index in [1.807, 2.05) is 32.3 Å². The summed E-state index contributed by atoms with van der Waals surface area (Å²) in [6, 6.07) is 12.4. The molecule has 1 saturated heterocycles. The van der Waals surface area contributed by atoms with Crippen LogP contribution in [0.1, 0.15) is 25.3 Å². The molecule has 1 amide bonds. The molecule has 1 aromatic rings. The number of nitrogens with one attached hydrogen (secondary N) is 2. The lowest BCUT2D eigenvalue weighted by Gasteiger charge is -2.21. The van der Waals surface area contributed by atoms with Crippen LogP contribution in [0.15, 0.2) is 30.3 Å². The van der Waals surface area contributed by atoms with Gasteiger partial charge in [0.15, 0.2) is 0 Å². The molecule has 0 bridgehead atoms. The van der Waals surface area contributed by atoms with E-state index in [1.165, 1.54) is 5.56 Å². The van der Waals surface area contributed by atoms with Crippen molar-refractivity contribution in [3.63, 3.8) is 0 Å². The largest absolute Gasteiger partial charge is 0.326 e. The fourth-order valence-corrected chi connectivity index (χ4v) is 2.60. The molecule has 23 heavy (non-hydrogen) atoms. The lowest BCUT2D eigenvalue weighted by atomic mass is 10.1. The van der Waals surface area contributed by atoms with E-state index in [0.717, 1.165) is 19.3 Å². The fraction of sp³-hybridized carbons (Fsp3) is 0.556. The first kappa shape index (κ1) is 19.1. The molecular weight excluding hydrogens is 288 g/mol. The number of carbonyl (C=O) groups excluding carboxylic acids is 1. The Morgan fingerprint density at radius 3 is 2.65 bits per heavy atom. The van der Waals surface area contributed by atoms with E-state index in [-0.39, 0.29) is 18.0 Å². The van der Waals surface area contributed by atoms with E-state index in [0.29, 0.717) is 13.1 Å². The SMILES string of the molecule is CNC.C[C@H](Cc1ccccc1)NCC(=O)N1CCC[C@H]1C#N. The van der Waals surface area contributed by atoms with Crippen molar-refractivity contribution >= 4 is 5.91 Å². The highest BCUT2D eigenvalue weighted by molar-refractivity contribution is 5.79.